The molecule has 5 nitrogen and oxygen atoms in total. The molecule has 2 rings (SSSR count). The van der Waals surface area contributed by atoms with E-state index in [2.05, 4.69) is 10.6 Å². The molecule has 0 atom stereocenters. The Balaban J connectivity index is 1.89. The fourth-order valence-corrected chi connectivity index (χ4v) is 2.08. The SMILES string of the molecule is Cc1ccc(C)c(OCNC(=O)Nc2cccc(O)c2)c1C. The van der Waals surface area contributed by atoms with Crippen LogP contribution in [-0.4, -0.2) is 17.9 Å². The number of phenols is 1. The highest BCUT2D eigenvalue weighted by Gasteiger charge is 2.07. The lowest BCUT2D eigenvalue weighted by molar-refractivity contribution is 0.234. The molecule has 0 fully saturated rings. The Morgan fingerprint density at radius 1 is 1.14 bits per heavy atom. The number of aromatic hydroxyl groups is 1. The molecular formula is C17H20N2O3. The van der Waals surface area contributed by atoms with E-state index in [0.29, 0.717) is 5.69 Å². The molecule has 2 aromatic rings. The van der Waals surface area contributed by atoms with E-state index in [1.807, 2.05) is 32.9 Å². The molecule has 0 aliphatic carbocycles. The average Bonchev–Trinajstić information content (AvgIpc) is 2.47. The smallest absolute Gasteiger partial charge is 0.321 e. The van der Waals surface area contributed by atoms with Crippen LogP contribution in [0.1, 0.15) is 16.7 Å². The summed E-state index contributed by atoms with van der Waals surface area (Å²) in [6, 6.07) is 9.98. The molecule has 0 heterocycles. The lowest BCUT2D eigenvalue weighted by Crippen LogP contribution is -2.32. The van der Waals surface area contributed by atoms with Crippen LogP contribution in [0.4, 0.5) is 10.5 Å². The average molecular weight is 300 g/mol. The van der Waals surface area contributed by atoms with E-state index in [0.717, 1.165) is 22.4 Å². The maximum Gasteiger partial charge on any atom is 0.321 e. The summed E-state index contributed by atoms with van der Waals surface area (Å²) in [4.78, 5) is 11.8. The Morgan fingerprint density at radius 2 is 1.86 bits per heavy atom. The Kier molecular flexibility index (Phi) is 4.88. The first-order chi connectivity index (χ1) is 10.5. The first-order valence-corrected chi connectivity index (χ1v) is 7.01. The lowest BCUT2D eigenvalue weighted by Gasteiger charge is -2.14. The number of rotatable bonds is 4. The van der Waals surface area contributed by atoms with Crippen molar-refractivity contribution in [1.82, 2.24) is 5.32 Å². The molecule has 0 saturated heterocycles. The van der Waals surface area contributed by atoms with Crippen LogP contribution < -0.4 is 15.4 Å². The van der Waals surface area contributed by atoms with Crippen molar-refractivity contribution < 1.29 is 14.6 Å². The number of hydrogen-bond donors (Lipinski definition) is 3. The minimum absolute atomic E-state index is 0.0653. The Hall–Kier alpha value is -2.69. The van der Waals surface area contributed by atoms with Crippen LogP contribution >= 0.6 is 0 Å². The van der Waals surface area contributed by atoms with Crippen molar-refractivity contribution in [2.45, 2.75) is 20.8 Å². The van der Waals surface area contributed by atoms with E-state index in [1.54, 1.807) is 12.1 Å². The summed E-state index contributed by atoms with van der Waals surface area (Å²) in [6.07, 6.45) is 0. The molecule has 0 radical (unpaired) electrons. The third-order valence-electron chi connectivity index (χ3n) is 3.43. The van der Waals surface area contributed by atoms with Crippen LogP contribution in [-0.2, 0) is 0 Å². The normalized spacial score (nSPS) is 10.1. The maximum absolute atomic E-state index is 11.8. The number of ether oxygens (including phenoxy) is 1. The summed E-state index contributed by atoms with van der Waals surface area (Å²) in [7, 11) is 0. The summed E-state index contributed by atoms with van der Waals surface area (Å²) in [5.41, 5.74) is 3.75. The Morgan fingerprint density at radius 3 is 2.59 bits per heavy atom. The zero-order chi connectivity index (χ0) is 16.1. The van der Waals surface area contributed by atoms with Gasteiger partial charge in [0.05, 0.1) is 0 Å². The summed E-state index contributed by atoms with van der Waals surface area (Å²) in [5, 5.41) is 14.6. The zero-order valence-electron chi connectivity index (χ0n) is 12.9. The number of amides is 2. The highest BCUT2D eigenvalue weighted by molar-refractivity contribution is 5.89. The molecule has 2 aromatic carbocycles. The third kappa shape index (κ3) is 3.91. The molecule has 5 heteroatoms. The molecule has 0 aliphatic rings. The van der Waals surface area contributed by atoms with Crippen molar-refractivity contribution in [2.24, 2.45) is 0 Å². The molecule has 0 spiro atoms. The lowest BCUT2D eigenvalue weighted by atomic mass is 10.1. The van der Waals surface area contributed by atoms with Gasteiger partial charge in [-0.25, -0.2) is 4.79 Å². The number of carbonyl (C=O) groups excluding carboxylic acids is 1. The predicted octanol–water partition coefficient (Wildman–Crippen LogP) is 3.48. The molecule has 2 amide bonds. The van der Waals surface area contributed by atoms with Gasteiger partial charge in [0.1, 0.15) is 11.5 Å². The molecule has 3 N–H and O–H groups in total. The fourth-order valence-electron chi connectivity index (χ4n) is 2.08. The largest absolute Gasteiger partial charge is 0.508 e. The predicted molar refractivity (Wildman–Crippen MR) is 86.4 cm³/mol. The molecule has 0 aromatic heterocycles. The molecule has 116 valence electrons. The zero-order valence-corrected chi connectivity index (χ0v) is 12.9. The topological polar surface area (TPSA) is 70.6 Å². The monoisotopic (exact) mass is 300 g/mol. The number of phenolic OH excluding ortho intramolecular Hbond substituents is 1. The van der Waals surface area contributed by atoms with Crippen molar-refractivity contribution in [2.75, 3.05) is 12.0 Å². The van der Waals surface area contributed by atoms with Gasteiger partial charge in [-0.1, -0.05) is 18.2 Å². The van der Waals surface area contributed by atoms with Gasteiger partial charge < -0.3 is 20.5 Å². The van der Waals surface area contributed by atoms with Gasteiger partial charge in [0.2, 0.25) is 0 Å². The quantitative estimate of drug-likeness (QED) is 0.757. The van der Waals surface area contributed by atoms with E-state index in [4.69, 9.17) is 4.74 Å². The van der Waals surface area contributed by atoms with Crippen molar-refractivity contribution in [3.8, 4) is 11.5 Å². The molecular weight excluding hydrogens is 280 g/mol. The second kappa shape index (κ2) is 6.85. The van der Waals surface area contributed by atoms with Crippen LogP contribution in [0.25, 0.3) is 0 Å². The highest BCUT2D eigenvalue weighted by atomic mass is 16.5. The van der Waals surface area contributed by atoms with E-state index in [9.17, 15) is 9.90 Å². The van der Waals surface area contributed by atoms with E-state index >= 15 is 0 Å². The van der Waals surface area contributed by atoms with Crippen LogP contribution in [0.15, 0.2) is 36.4 Å². The van der Waals surface area contributed by atoms with Crippen LogP contribution in [0.2, 0.25) is 0 Å². The number of aryl methyl sites for hydroxylation is 2. The second-order valence-corrected chi connectivity index (χ2v) is 5.12. The fraction of sp³-hybridized carbons (Fsp3) is 0.235. The van der Waals surface area contributed by atoms with Gasteiger partial charge in [0.15, 0.2) is 6.73 Å². The van der Waals surface area contributed by atoms with Crippen LogP contribution in [0.5, 0.6) is 11.5 Å². The summed E-state index contributed by atoms with van der Waals surface area (Å²) in [6.45, 7) is 6.04. The van der Waals surface area contributed by atoms with Gasteiger partial charge in [0, 0.05) is 11.8 Å². The number of hydrogen-bond acceptors (Lipinski definition) is 3. The van der Waals surface area contributed by atoms with Crippen LogP contribution in [0, 0.1) is 20.8 Å². The van der Waals surface area contributed by atoms with Gasteiger partial charge >= 0.3 is 6.03 Å². The van der Waals surface area contributed by atoms with E-state index in [-0.39, 0.29) is 12.5 Å². The first-order valence-electron chi connectivity index (χ1n) is 7.01. The molecule has 0 saturated carbocycles. The standard InChI is InChI=1S/C17H20N2O3/c1-11-7-8-12(2)16(13(11)3)22-10-18-17(21)19-14-5-4-6-15(20)9-14/h4-9,20H,10H2,1-3H3,(H2,18,19,21). The highest BCUT2D eigenvalue weighted by Crippen LogP contribution is 2.25. The Labute approximate surface area is 129 Å². The van der Waals surface area contributed by atoms with E-state index in [1.165, 1.54) is 12.1 Å². The molecule has 22 heavy (non-hydrogen) atoms. The third-order valence-corrected chi connectivity index (χ3v) is 3.43. The second-order valence-electron chi connectivity index (χ2n) is 5.12. The minimum atomic E-state index is -0.395. The van der Waals surface area contributed by atoms with Crippen molar-refractivity contribution in [3.63, 3.8) is 0 Å². The van der Waals surface area contributed by atoms with Crippen molar-refractivity contribution in [1.29, 1.82) is 0 Å². The minimum Gasteiger partial charge on any atom is -0.508 e. The van der Waals surface area contributed by atoms with E-state index < -0.39 is 6.03 Å². The van der Waals surface area contributed by atoms with Gasteiger partial charge in [-0.2, -0.15) is 0 Å². The molecule has 0 unspecified atom stereocenters. The van der Waals surface area contributed by atoms with Crippen molar-refractivity contribution >= 4 is 11.7 Å². The number of benzene rings is 2. The van der Waals surface area contributed by atoms with Gasteiger partial charge in [-0.05, 0) is 49.6 Å². The summed E-state index contributed by atoms with van der Waals surface area (Å²) in [5.74, 6) is 0.887. The van der Waals surface area contributed by atoms with Gasteiger partial charge in [-0.15, -0.1) is 0 Å². The van der Waals surface area contributed by atoms with Gasteiger partial charge in [-0.3, -0.25) is 0 Å². The molecule has 0 bridgehead atoms. The van der Waals surface area contributed by atoms with Crippen LogP contribution in [0.3, 0.4) is 0 Å². The molecule has 0 aliphatic heterocycles. The van der Waals surface area contributed by atoms with Gasteiger partial charge in [0.25, 0.3) is 0 Å². The van der Waals surface area contributed by atoms with Crippen molar-refractivity contribution in [3.05, 3.63) is 53.1 Å². The Bertz CT molecular complexity index is 684. The first kappa shape index (κ1) is 15.7. The number of anilines is 1. The summed E-state index contributed by atoms with van der Waals surface area (Å²) < 4.78 is 5.66. The summed E-state index contributed by atoms with van der Waals surface area (Å²) >= 11 is 0. The number of carbonyl (C=O) groups is 1. The number of nitrogens with one attached hydrogen (secondary N) is 2. The number of urea groups is 1. The maximum atomic E-state index is 11.8.